The second kappa shape index (κ2) is 23.2. The third kappa shape index (κ3) is 11.7. The highest BCUT2D eigenvalue weighted by Crippen LogP contribution is 2.40. The van der Waals surface area contributed by atoms with E-state index in [1.807, 2.05) is 40.1 Å². The van der Waals surface area contributed by atoms with Gasteiger partial charge in [-0.2, -0.15) is 0 Å². The Labute approximate surface area is 413 Å². The zero-order chi connectivity index (χ0) is 49.3. The van der Waals surface area contributed by atoms with Crippen LogP contribution >= 0.6 is 11.6 Å². The highest BCUT2D eigenvalue weighted by Gasteiger charge is 2.35. The Morgan fingerprint density at radius 3 is 2.14 bits per heavy atom. The highest BCUT2D eigenvalue weighted by atomic mass is 35.5. The van der Waals surface area contributed by atoms with Crippen LogP contribution in [0.5, 0.6) is 11.5 Å². The summed E-state index contributed by atoms with van der Waals surface area (Å²) in [7, 11) is 3.02. The third-order valence-electron chi connectivity index (χ3n) is 14.1. The van der Waals surface area contributed by atoms with Crippen LogP contribution in [-0.4, -0.2) is 124 Å². The number of methoxy groups -OCH3 is 2. The summed E-state index contributed by atoms with van der Waals surface area (Å²) < 4.78 is 38.9. The fourth-order valence-electron chi connectivity index (χ4n) is 10.2. The quantitative estimate of drug-likeness (QED) is 0.0908. The van der Waals surface area contributed by atoms with E-state index in [-0.39, 0.29) is 95.9 Å². The minimum absolute atomic E-state index is 0.00577. The van der Waals surface area contributed by atoms with Crippen LogP contribution in [0.25, 0.3) is 11.1 Å². The fourth-order valence-corrected chi connectivity index (χ4v) is 10.4. The van der Waals surface area contributed by atoms with Crippen LogP contribution in [0.1, 0.15) is 95.5 Å². The molecule has 1 unspecified atom stereocenters. The van der Waals surface area contributed by atoms with Gasteiger partial charge in [0.25, 0.3) is 5.91 Å². The first-order valence-electron chi connectivity index (χ1n) is 24.3. The molecule has 0 spiro atoms. The number of likely N-dealkylation sites (tertiary alicyclic amines) is 2. The highest BCUT2D eigenvalue weighted by molar-refractivity contribution is 6.33. The molecule has 1 atom stereocenters. The molecule has 8 rings (SSSR count). The van der Waals surface area contributed by atoms with E-state index in [9.17, 15) is 24.0 Å². The number of carbonyl (C=O) groups excluding carboxylic acids is 5. The van der Waals surface area contributed by atoms with E-state index in [1.54, 1.807) is 24.3 Å². The molecule has 0 aromatic heterocycles. The molecule has 1 saturated carbocycles. The third-order valence-corrected chi connectivity index (χ3v) is 14.4. The number of carbonyl (C=O) groups is 5. The molecule has 4 aromatic carbocycles. The number of amides is 6. The maximum Gasteiger partial charge on any atom is 0.328 e. The smallest absolute Gasteiger partial charge is 0.328 e. The van der Waals surface area contributed by atoms with Crippen molar-refractivity contribution >= 4 is 46.9 Å². The molecule has 0 radical (unpaired) electrons. The number of rotatable bonds is 17. The predicted molar refractivity (Wildman–Crippen MR) is 263 cm³/mol. The molecule has 372 valence electrons. The Balaban J connectivity index is 0.812. The number of nitrogens with one attached hydrogen (secondary N) is 2. The molecule has 3 heterocycles. The van der Waals surface area contributed by atoms with E-state index in [1.165, 1.54) is 31.3 Å². The van der Waals surface area contributed by atoms with Crippen molar-refractivity contribution in [3.05, 3.63) is 112 Å². The number of nitrogens with two attached hydrogens (primary N) is 1. The number of urea groups is 1. The topological polar surface area (TPSA) is 182 Å². The largest absolute Gasteiger partial charge is 0.495 e. The molecule has 4 aliphatic rings. The Morgan fingerprint density at radius 2 is 1.49 bits per heavy atom. The van der Waals surface area contributed by atoms with Gasteiger partial charge in [0.05, 0.1) is 37.2 Å². The number of hydrogen-bond acceptors (Lipinski definition) is 10. The molecule has 3 saturated heterocycles. The van der Waals surface area contributed by atoms with E-state index in [0.29, 0.717) is 68.1 Å². The van der Waals surface area contributed by atoms with Gasteiger partial charge in [0, 0.05) is 92.4 Å². The molecule has 4 N–H and O–H groups in total. The van der Waals surface area contributed by atoms with E-state index < -0.39 is 17.8 Å². The first-order valence-corrected chi connectivity index (χ1v) is 24.6. The minimum atomic E-state index is -0.787. The van der Waals surface area contributed by atoms with Crippen molar-refractivity contribution in [3.8, 4) is 22.6 Å². The molecule has 1 aliphatic carbocycles. The van der Waals surface area contributed by atoms with Crippen molar-refractivity contribution in [1.29, 1.82) is 0 Å². The Kier molecular flexibility index (Phi) is 16.7. The maximum atomic E-state index is 16.2. The molecule has 70 heavy (non-hydrogen) atoms. The first-order chi connectivity index (χ1) is 33.9. The van der Waals surface area contributed by atoms with Crippen LogP contribution < -0.4 is 30.7 Å². The van der Waals surface area contributed by atoms with Gasteiger partial charge >= 0.3 is 6.03 Å². The predicted octanol–water partition coefficient (Wildman–Crippen LogP) is 7.32. The monoisotopic (exact) mass is 980 g/mol. The van der Waals surface area contributed by atoms with Gasteiger partial charge in [-0.25, -0.2) is 9.18 Å². The van der Waals surface area contributed by atoms with Crippen molar-refractivity contribution in [3.63, 3.8) is 0 Å². The van der Waals surface area contributed by atoms with Gasteiger partial charge in [0.15, 0.2) is 11.6 Å². The van der Waals surface area contributed by atoms with E-state index in [2.05, 4.69) is 22.8 Å². The lowest BCUT2D eigenvalue weighted by Crippen LogP contribution is -2.49. The molecule has 4 aromatic rings. The molecule has 6 amide bonds. The minimum Gasteiger partial charge on any atom is -0.495 e. The zero-order valence-corrected chi connectivity index (χ0v) is 40.5. The van der Waals surface area contributed by atoms with Crippen LogP contribution in [0.3, 0.4) is 0 Å². The Morgan fingerprint density at radius 1 is 0.800 bits per heavy atom. The molecule has 0 bridgehead atoms. The van der Waals surface area contributed by atoms with Crippen LogP contribution in [-0.2, 0) is 19.1 Å². The molecule has 4 fully saturated rings. The van der Waals surface area contributed by atoms with Gasteiger partial charge in [-0.3, -0.25) is 29.4 Å². The average Bonchev–Trinajstić information content (AvgIpc) is 3.37. The number of piperidine rings is 2. The maximum absolute atomic E-state index is 16.2. The van der Waals surface area contributed by atoms with Gasteiger partial charge in [-0.15, -0.1) is 0 Å². The number of hydrogen-bond donors (Lipinski definition) is 3. The lowest BCUT2D eigenvalue weighted by molar-refractivity contribution is -0.140. The van der Waals surface area contributed by atoms with Crippen molar-refractivity contribution in [1.82, 2.24) is 20.4 Å². The number of imide groups is 1. The SMILES string of the molecule is COCCOc1ccc(C(N)=O)c(-c2cc(C(CNC3CCC(C(=O)N4CCC(OC5CCN(C(=O)c6ccc(OC)c(N7CCC(=O)NC7=O)c6)CC5)CC4)CC3)c3ccccc3)ccc2Cl)c1F. The zero-order valence-electron chi connectivity index (χ0n) is 39.8. The van der Waals surface area contributed by atoms with E-state index in [4.69, 9.17) is 36.3 Å². The van der Waals surface area contributed by atoms with Crippen LogP contribution in [0.2, 0.25) is 5.02 Å². The van der Waals surface area contributed by atoms with Crippen molar-refractivity contribution < 1.29 is 47.3 Å². The summed E-state index contributed by atoms with van der Waals surface area (Å²) in [5, 5.41) is 6.38. The molecule has 15 nitrogen and oxygen atoms in total. The second-order valence-corrected chi connectivity index (χ2v) is 18.9. The van der Waals surface area contributed by atoms with Crippen LogP contribution in [0.4, 0.5) is 14.9 Å². The van der Waals surface area contributed by atoms with E-state index in [0.717, 1.165) is 49.7 Å². The normalized spacial score (nSPS) is 19.7. The summed E-state index contributed by atoms with van der Waals surface area (Å²) in [5.41, 5.74) is 8.87. The summed E-state index contributed by atoms with van der Waals surface area (Å²) in [6.45, 7) is 3.53. The van der Waals surface area contributed by atoms with Gasteiger partial charge in [0.1, 0.15) is 12.4 Å². The van der Waals surface area contributed by atoms with Crippen LogP contribution in [0.15, 0.2) is 78.9 Å². The average molecular weight is 982 g/mol. The van der Waals surface area contributed by atoms with Gasteiger partial charge < -0.3 is 39.8 Å². The second-order valence-electron chi connectivity index (χ2n) is 18.5. The molecule has 17 heteroatoms. The van der Waals surface area contributed by atoms with Crippen molar-refractivity contribution in [2.45, 2.75) is 82.0 Å². The first kappa shape index (κ1) is 50.3. The summed E-state index contributed by atoms with van der Waals surface area (Å²) in [4.78, 5) is 69.6. The molecule has 3 aliphatic heterocycles. The van der Waals surface area contributed by atoms with Gasteiger partial charge in [-0.1, -0.05) is 48.0 Å². The summed E-state index contributed by atoms with van der Waals surface area (Å²) >= 11 is 6.75. The number of benzene rings is 4. The van der Waals surface area contributed by atoms with Crippen LogP contribution in [0, 0.1) is 11.7 Å². The Hall–Kier alpha value is -6.07. The summed E-state index contributed by atoms with van der Waals surface area (Å²) in [5.74, 6) is -1.56. The van der Waals surface area contributed by atoms with Gasteiger partial charge in [-0.05, 0) is 105 Å². The van der Waals surface area contributed by atoms with E-state index >= 15 is 4.39 Å². The number of primary amides is 1. The summed E-state index contributed by atoms with van der Waals surface area (Å²) in [6, 6.07) is 23.0. The molecular weight excluding hydrogens is 919 g/mol. The fraction of sp³-hybridized carbons (Fsp3) is 0.453. The number of ether oxygens (including phenoxy) is 4. The number of anilines is 1. The van der Waals surface area contributed by atoms with Gasteiger partial charge in [0.2, 0.25) is 17.7 Å². The van der Waals surface area contributed by atoms with Crippen molar-refractivity contribution in [2.75, 3.05) is 71.6 Å². The standard InChI is InChI=1S/C53H62ClFN6O9/c1-67-28-29-69-46-17-14-40(50(56)63)48(49(46)55)41-30-35(10-15-43(41)54)42(33-6-4-3-5-7-33)32-57-37-12-8-34(9-13-37)51(64)59-23-18-38(19-24-59)70-39-20-25-60(26-21-39)52(65)36-11-16-45(68-2)44(31-36)61-27-22-47(62)58-53(61)66/h3-7,10-11,14-17,30-31,34,37-39,42,57H,8-9,12-13,18-29,32H2,1-2H3,(H2,56,63)(H,58,62,66). The summed E-state index contributed by atoms with van der Waals surface area (Å²) in [6.07, 6.45) is 6.44. The van der Waals surface area contributed by atoms with Crippen molar-refractivity contribution in [2.24, 2.45) is 11.7 Å². The lowest BCUT2D eigenvalue weighted by Gasteiger charge is -2.39. The number of nitrogens with zero attached hydrogens (tertiary/aromatic N) is 3. The lowest BCUT2D eigenvalue weighted by atomic mass is 9.84. The Bertz CT molecular complexity index is 2530. The number of halogens is 2. The molecular formula is C53H62ClFN6O9.